The van der Waals surface area contributed by atoms with E-state index in [1.165, 1.54) is 24.5 Å². The number of allylic oxidation sites excluding steroid dienone is 3. The maximum absolute atomic E-state index is 11.8. The van der Waals surface area contributed by atoms with Gasteiger partial charge in [-0.1, -0.05) is 42.4 Å². The normalized spacial score (nSPS) is 46.4. The van der Waals surface area contributed by atoms with Crippen molar-refractivity contribution in [2.45, 2.75) is 141 Å². The van der Waals surface area contributed by atoms with E-state index in [4.69, 9.17) is 17.6 Å². The van der Waals surface area contributed by atoms with E-state index >= 15 is 0 Å². The zero-order chi connectivity index (χ0) is 33.4. The predicted molar refractivity (Wildman–Crippen MR) is 181 cm³/mol. The Hall–Kier alpha value is -2.63. The summed E-state index contributed by atoms with van der Waals surface area (Å²) in [5, 5.41) is 10.9. The van der Waals surface area contributed by atoms with Crippen molar-refractivity contribution < 1.29 is 24.2 Å². The van der Waals surface area contributed by atoms with Crippen molar-refractivity contribution in [1.29, 1.82) is 0 Å². The monoisotopic (exact) mass is 638 g/mol. The van der Waals surface area contributed by atoms with Gasteiger partial charge in [0, 0.05) is 37.0 Å². The third-order valence-corrected chi connectivity index (χ3v) is 15.6. The second-order valence-electron chi connectivity index (χ2n) is 17.1. The Labute approximate surface area is 282 Å². The maximum atomic E-state index is 11.8. The van der Waals surface area contributed by atoms with Gasteiger partial charge in [0.15, 0.2) is 11.4 Å². The van der Waals surface area contributed by atoms with Crippen LogP contribution in [0.5, 0.6) is 0 Å². The van der Waals surface area contributed by atoms with Crippen LogP contribution in [0.15, 0.2) is 22.8 Å². The summed E-state index contributed by atoms with van der Waals surface area (Å²) in [5.41, 5.74) is 2.64. The molecule has 0 aliphatic heterocycles. The van der Waals surface area contributed by atoms with Crippen LogP contribution in [0.1, 0.15) is 130 Å². The molecule has 47 heavy (non-hydrogen) atoms. The Balaban J connectivity index is 0.000000151. The number of Topliss-reactive ketones (excluding diaryl/α,β-unsaturated/α-hetero) is 1. The second-order valence-corrected chi connectivity index (χ2v) is 17.1. The van der Waals surface area contributed by atoms with E-state index < -0.39 is 11.2 Å². The van der Waals surface area contributed by atoms with Gasteiger partial charge in [0.1, 0.15) is 11.4 Å². The summed E-state index contributed by atoms with van der Waals surface area (Å²) in [6.45, 7) is 5.96. The molecule has 0 aromatic rings. The molecule has 0 heterocycles. The number of rotatable bonds is 1. The highest BCUT2D eigenvalue weighted by atomic mass is 16.6. The molecule has 5 fully saturated rings. The van der Waals surface area contributed by atoms with Gasteiger partial charge in [-0.3, -0.25) is 14.4 Å². The van der Waals surface area contributed by atoms with E-state index in [-0.39, 0.29) is 16.8 Å². The zero-order valence-corrected chi connectivity index (χ0v) is 28.9. The summed E-state index contributed by atoms with van der Waals surface area (Å²) in [4.78, 5) is 35.3. The van der Waals surface area contributed by atoms with Crippen molar-refractivity contribution in [3.63, 3.8) is 0 Å². The number of esters is 1. The van der Waals surface area contributed by atoms with Gasteiger partial charge in [-0.25, -0.2) is 0 Å². The largest absolute Gasteiger partial charge is 0.445 e. The molecule has 252 valence electrons. The number of terminal acetylenes is 2. The fraction of sp³-hybridized carbons (Fsp3) is 0.738. The van der Waals surface area contributed by atoms with Crippen molar-refractivity contribution in [3.05, 3.63) is 22.8 Å². The molecule has 8 rings (SSSR count). The van der Waals surface area contributed by atoms with Crippen LogP contribution in [0.2, 0.25) is 0 Å². The van der Waals surface area contributed by atoms with Crippen molar-refractivity contribution in [3.8, 4) is 24.7 Å². The first-order chi connectivity index (χ1) is 22.4. The van der Waals surface area contributed by atoms with E-state index in [2.05, 4.69) is 25.7 Å². The Morgan fingerprint density at radius 3 is 2.26 bits per heavy atom. The maximum Gasteiger partial charge on any atom is 0.304 e. The molecule has 5 heteroatoms. The molecule has 8 aliphatic carbocycles. The Morgan fingerprint density at radius 2 is 1.51 bits per heavy atom. The van der Waals surface area contributed by atoms with Crippen LogP contribution in [-0.2, 0) is 19.1 Å². The zero-order valence-electron chi connectivity index (χ0n) is 28.9. The molecule has 0 radical (unpaired) electrons. The number of aliphatic hydroxyl groups is 1. The smallest absolute Gasteiger partial charge is 0.304 e. The summed E-state index contributed by atoms with van der Waals surface area (Å²) in [6, 6.07) is 0. The summed E-state index contributed by atoms with van der Waals surface area (Å²) in [6.07, 6.45) is 30.3. The van der Waals surface area contributed by atoms with Gasteiger partial charge in [-0.05, 0) is 137 Å². The van der Waals surface area contributed by atoms with Gasteiger partial charge in [0.2, 0.25) is 0 Å². The quantitative estimate of drug-likeness (QED) is 0.181. The average Bonchev–Trinajstić information content (AvgIpc) is 3.50. The van der Waals surface area contributed by atoms with Crippen LogP contribution in [0.4, 0.5) is 0 Å². The summed E-state index contributed by atoms with van der Waals surface area (Å²) < 4.78 is 5.79. The number of ether oxygens (including phenoxy) is 1. The molecule has 0 spiro atoms. The Bertz CT molecular complexity index is 1500. The average molecular weight is 639 g/mol. The lowest BCUT2D eigenvalue weighted by atomic mass is 9.50. The van der Waals surface area contributed by atoms with Gasteiger partial charge in [0.05, 0.1) is 0 Å². The van der Waals surface area contributed by atoms with E-state index in [0.717, 1.165) is 96.3 Å². The molecule has 1 N–H and O–H groups in total. The molecule has 0 aromatic heterocycles. The number of carbonyl (C=O) groups excluding carboxylic acids is 3. The van der Waals surface area contributed by atoms with Crippen LogP contribution in [0, 0.1) is 76.9 Å². The third kappa shape index (κ3) is 4.96. The summed E-state index contributed by atoms with van der Waals surface area (Å²) in [5.74, 6) is 10.5. The molecule has 0 unspecified atom stereocenters. The summed E-state index contributed by atoms with van der Waals surface area (Å²) >= 11 is 0. The first-order valence-corrected chi connectivity index (χ1v) is 18.7. The van der Waals surface area contributed by atoms with Gasteiger partial charge in [0.25, 0.3) is 0 Å². The van der Waals surface area contributed by atoms with Crippen molar-refractivity contribution in [1.82, 2.24) is 0 Å². The molecule has 0 aromatic carbocycles. The molecular formula is C42H54O5. The lowest BCUT2D eigenvalue weighted by molar-refractivity contribution is -0.167. The SMILES string of the molecule is C#C[C@]1(O)CC[C@H]2[C@@H]3CCC4=C(CCC(=O)C4)[C@H]3CC[C@@]21C.C#C[C@]1(OC(C)=O)CC[C@H]2[C@@H]3CCC4=CC(=O)CC[C@@H]4[C@H]3CC[C@@]21C. The highest BCUT2D eigenvalue weighted by Crippen LogP contribution is 2.66. The minimum absolute atomic E-state index is 0.106. The molecule has 0 amide bonds. The molecule has 0 saturated heterocycles. The Morgan fingerprint density at radius 1 is 0.787 bits per heavy atom. The van der Waals surface area contributed by atoms with Crippen LogP contribution in [-0.4, -0.2) is 33.8 Å². The van der Waals surface area contributed by atoms with Crippen LogP contribution < -0.4 is 0 Å². The first kappa shape index (κ1) is 32.9. The van der Waals surface area contributed by atoms with Gasteiger partial charge in [-0.15, -0.1) is 12.8 Å². The van der Waals surface area contributed by atoms with E-state index in [0.29, 0.717) is 59.4 Å². The lowest BCUT2D eigenvalue weighted by Gasteiger charge is -2.55. The number of fused-ring (bicyclic) bond motifs is 9. The highest BCUT2D eigenvalue weighted by Gasteiger charge is 2.64. The molecule has 8 aliphatic rings. The van der Waals surface area contributed by atoms with E-state index in [1.54, 1.807) is 5.57 Å². The van der Waals surface area contributed by atoms with Gasteiger partial charge >= 0.3 is 5.97 Å². The highest BCUT2D eigenvalue weighted by molar-refractivity contribution is 5.91. The van der Waals surface area contributed by atoms with Gasteiger partial charge in [-0.2, -0.15) is 0 Å². The topological polar surface area (TPSA) is 80.7 Å². The van der Waals surface area contributed by atoms with Crippen LogP contribution in [0.3, 0.4) is 0 Å². The molecular weight excluding hydrogens is 584 g/mol. The molecule has 11 atom stereocenters. The van der Waals surface area contributed by atoms with Crippen molar-refractivity contribution in [2.75, 3.05) is 0 Å². The fourth-order valence-corrected chi connectivity index (χ4v) is 13.2. The standard InChI is InChI=1S/C22H28O3.C20H26O2/c1-4-22(25-14(2)23)12-10-20-19-7-5-15-13-16(24)6-8-17(15)18(19)9-11-21(20,22)3;1-3-20(22)11-9-18-17-6-4-13-12-14(21)5-7-15(13)16(17)8-10-19(18,20)2/h1,13,17-20H,5-12H2,2-3H3;1,16-18,22H,4-12H2,2H3/t17-,18+,19+,20-,21-,22-;16-,17-,18+,19+,20+/m01/s1. The number of hydrogen-bond acceptors (Lipinski definition) is 5. The minimum Gasteiger partial charge on any atom is -0.445 e. The lowest BCUT2D eigenvalue weighted by Crippen LogP contribution is -2.53. The van der Waals surface area contributed by atoms with E-state index in [1.807, 2.05) is 6.08 Å². The summed E-state index contributed by atoms with van der Waals surface area (Å²) in [7, 11) is 0. The third-order valence-electron chi connectivity index (χ3n) is 15.6. The first-order valence-electron chi connectivity index (χ1n) is 18.7. The molecule has 0 bridgehead atoms. The van der Waals surface area contributed by atoms with Crippen LogP contribution >= 0.6 is 0 Å². The van der Waals surface area contributed by atoms with Crippen molar-refractivity contribution in [2.24, 2.45) is 52.3 Å². The Kier molecular flexibility index (Phi) is 8.23. The molecule has 5 nitrogen and oxygen atoms in total. The minimum atomic E-state index is -0.903. The number of ketones is 2. The molecule has 5 saturated carbocycles. The fourth-order valence-electron chi connectivity index (χ4n) is 13.2. The van der Waals surface area contributed by atoms with E-state index in [9.17, 15) is 19.5 Å². The van der Waals surface area contributed by atoms with Crippen LogP contribution in [0.25, 0.3) is 0 Å². The number of hydrogen-bond donors (Lipinski definition) is 1. The number of carbonyl (C=O) groups is 3. The van der Waals surface area contributed by atoms with Crippen molar-refractivity contribution >= 4 is 17.5 Å². The predicted octanol–water partition coefficient (Wildman–Crippen LogP) is 7.70. The van der Waals surface area contributed by atoms with Gasteiger partial charge < -0.3 is 9.84 Å². The second kappa shape index (κ2) is 11.8.